The molecule has 0 bridgehead atoms. The molecule has 0 spiro atoms. The van der Waals surface area contributed by atoms with Gasteiger partial charge in [-0.25, -0.2) is 0 Å². The first kappa shape index (κ1) is 13.3. The van der Waals surface area contributed by atoms with E-state index in [0.29, 0.717) is 0 Å². The topological polar surface area (TPSA) is 38.0 Å². The molecule has 0 aliphatic rings. The smallest absolute Gasteiger partial charge is 0.0240 e. The van der Waals surface area contributed by atoms with Crippen LogP contribution < -0.4 is 11.1 Å². The molecule has 2 heteroatoms. The van der Waals surface area contributed by atoms with Crippen LogP contribution in [0.1, 0.15) is 58.8 Å². The second kappa shape index (κ2) is 10.4. The zero-order valence-corrected chi connectivity index (χ0v) is 9.81. The summed E-state index contributed by atoms with van der Waals surface area (Å²) in [5.41, 5.74) is 6.72. The standard InChI is InChI=1S/C12H26N2/c1-3-5-6-7-8-10-14-11-12(13)9-4-2/h11,14H,3-10,13H2,1-2H3/b12-11-. The van der Waals surface area contributed by atoms with Crippen molar-refractivity contribution in [3.63, 3.8) is 0 Å². The van der Waals surface area contributed by atoms with Crippen molar-refractivity contribution in [2.75, 3.05) is 6.54 Å². The van der Waals surface area contributed by atoms with Crippen LogP contribution in [0.4, 0.5) is 0 Å². The van der Waals surface area contributed by atoms with Crippen LogP contribution in [-0.4, -0.2) is 6.54 Å². The maximum Gasteiger partial charge on any atom is 0.0240 e. The lowest BCUT2D eigenvalue weighted by Gasteiger charge is -2.03. The minimum atomic E-state index is 0.973. The van der Waals surface area contributed by atoms with Gasteiger partial charge >= 0.3 is 0 Å². The zero-order chi connectivity index (χ0) is 10.6. The summed E-state index contributed by atoms with van der Waals surface area (Å²) in [6.07, 6.45) is 10.7. The molecule has 2 nitrogen and oxygen atoms in total. The summed E-state index contributed by atoms with van der Waals surface area (Å²) in [6, 6.07) is 0. The van der Waals surface area contributed by atoms with Crippen LogP contribution >= 0.6 is 0 Å². The fourth-order valence-corrected chi connectivity index (χ4v) is 1.39. The molecule has 3 N–H and O–H groups in total. The van der Waals surface area contributed by atoms with Crippen LogP contribution in [0, 0.1) is 0 Å². The van der Waals surface area contributed by atoms with Gasteiger partial charge in [-0.2, -0.15) is 0 Å². The molecule has 0 saturated heterocycles. The Morgan fingerprint density at radius 3 is 2.43 bits per heavy atom. The fourth-order valence-electron chi connectivity index (χ4n) is 1.39. The van der Waals surface area contributed by atoms with Gasteiger partial charge in [-0.05, 0) is 12.8 Å². The van der Waals surface area contributed by atoms with Crippen LogP contribution in [-0.2, 0) is 0 Å². The monoisotopic (exact) mass is 198 g/mol. The predicted molar refractivity (Wildman–Crippen MR) is 63.9 cm³/mol. The summed E-state index contributed by atoms with van der Waals surface area (Å²) >= 11 is 0. The minimum Gasteiger partial charge on any atom is -0.401 e. The van der Waals surface area contributed by atoms with Gasteiger partial charge in [0, 0.05) is 18.4 Å². The van der Waals surface area contributed by atoms with Crippen molar-refractivity contribution >= 4 is 0 Å². The van der Waals surface area contributed by atoms with E-state index in [9.17, 15) is 0 Å². The van der Waals surface area contributed by atoms with Gasteiger partial charge in [0.05, 0.1) is 0 Å². The van der Waals surface area contributed by atoms with Gasteiger partial charge in [0.1, 0.15) is 0 Å². The molecule has 0 aromatic heterocycles. The van der Waals surface area contributed by atoms with E-state index >= 15 is 0 Å². The molecule has 0 rings (SSSR count). The molecule has 0 fully saturated rings. The average molecular weight is 198 g/mol. The SMILES string of the molecule is CCCCCCCN/C=C(\N)CCC. The zero-order valence-electron chi connectivity index (χ0n) is 9.81. The summed E-state index contributed by atoms with van der Waals surface area (Å²) < 4.78 is 0. The third-order valence-electron chi connectivity index (χ3n) is 2.25. The van der Waals surface area contributed by atoms with E-state index in [-0.39, 0.29) is 0 Å². The number of unbranched alkanes of at least 4 members (excludes halogenated alkanes) is 4. The second-order valence-corrected chi connectivity index (χ2v) is 3.84. The highest BCUT2D eigenvalue weighted by molar-refractivity contribution is 4.93. The molecule has 0 aromatic carbocycles. The number of rotatable bonds is 9. The lowest BCUT2D eigenvalue weighted by atomic mass is 10.1. The van der Waals surface area contributed by atoms with Gasteiger partial charge in [-0.1, -0.05) is 46.0 Å². The minimum absolute atomic E-state index is 0.973. The Balaban J connectivity index is 3.15. The molecule has 0 radical (unpaired) electrons. The Kier molecular flexibility index (Phi) is 9.93. The summed E-state index contributed by atoms with van der Waals surface area (Å²) in [6.45, 7) is 5.45. The van der Waals surface area contributed by atoms with Crippen LogP contribution in [0.15, 0.2) is 11.9 Å². The van der Waals surface area contributed by atoms with Crippen LogP contribution in [0.3, 0.4) is 0 Å². The van der Waals surface area contributed by atoms with E-state index in [4.69, 9.17) is 5.73 Å². The van der Waals surface area contributed by atoms with Gasteiger partial charge < -0.3 is 11.1 Å². The molecule has 0 aliphatic carbocycles. The largest absolute Gasteiger partial charge is 0.401 e. The lowest BCUT2D eigenvalue weighted by molar-refractivity contribution is 0.617. The molecule has 0 aliphatic heterocycles. The molecule has 14 heavy (non-hydrogen) atoms. The summed E-state index contributed by atoms with van der Waals surface area (Å²) in [5, 5.41) is 3.26. The maximum atomic E-state index is 5.75. The fraction of sp³-hybridized carbons (Fsp3) is 0.833. The Labute approximate surface area is 89.0 Å². The number of nitrogens with two attached hydrogens (primary N) is 1. The van der Waals surface area contributed by atoms with E-state index in [1.165, 1.54) is 32.1 Å². The molecule has 0 amide bonds. The first-order chi connectivity index (χ1) is 6.81. The van der Waals surface area contributed by atoms with Crippen molar-refractivity contribution in [1.29, 1.82) is 0 Å². The van der Waals surface area contributed by atoms with Crippen molar-refractivity contribution in [2.45, 2.75) is 58.8 Å². The van der Waals surface area contributed by atoms with E-state index < -0.39 is 0 Å². The van der Waals surface area contributed by atoms with Crippen molar-refractivity contribution in [3.8, 4) is 0 Å². The van der Waals surface area contributed by atoms with Gasteiger partial charge in [-0.15, -0.1) is 0 Å². The summed E-state index contributed by atoms with van der Waals surface area (Å²) in [4.78, 5) is 0. The second-order valence-electron chi connectivity index (χ2n) is 3.84. The molecular formula is C12H26N2. The molecule has 0 aromatic rings. The maximum absolute atomic E-state index is 5.75. The number of hydrogen-bond donors (Lipinski definition) is 2. The molecule has 0 heterocycles. The van der Waals surface area contributed by atoms with Gasteiger partial charge in [0.2, 0.25) is 0 Å². The van der Waals surface area contributed by atoms with Crippen LogP contribution in [0.25, 0.3) is 0 Å². The van der Waals surface area contributed by atoms with E-state index in [1.807, 2.05) is 6.20 Å². The molecular weight excluding hydrogens is 172 g/mol. The number of nitrogens with one attached hydrogen (secondary N) is 1. The predicted octanol–water partition coefficient (Wildman–Crippen LogP) is 3.15. The van der Waals surface area contributed by atoms with E-state index in [0.717, 1.165) is 25.1 Å². The molecule has 0 atom stereocenters. The normalized spacial score (nSPS) is 11.7. The lowest BCUT2D eigenvalue weighted by Crippen LogP contribution is -2.11. The van der Waals surface area contributed by atoms with E-state index in [1.54, 1.807) is 0 Å². The van der Waals surface area contributed by atoms with Crippen molar-refractivity contribution in [3.05, 3.63) is 11.9 Å². The van der Waals surface area contributed by atoms with E-state index in [2.05, 4.69) is 19.2 Å². The molecule has 84 valence electrons. The highest BCUT2D eigenvalue weighted by Crippen LogP contribution is 2.01. The third-order valence-corrected chi connectivity index (χ3v) is 2.25. The Hall–Kier alpha value is -0.660. The Morgan fingerprint density at radius 2 is 1.79 bits per heavy atom. The van der Waals surface area contributed by atoms with Crippen molar-refractivity contribution in [1.82, 2.24) is 5.32 Å². The van der Waals surface area contributed by atoms with Crippen LogP contribution in [0.5, 0.6) is 0 Å². The Morgan fingerprint density at radius 1 is 1.07 bits per heavy atom. The van der Waals surface area contributed by atoms with Gasteiger partial charge in [0.15, 0.2) is 0 Å². The number of hydrogen-bond acceptors (Lipinski definition) is 2. The van der Waals surface area contributed by atoms with Gasteiger partial charge in [0.25, 0.3) is 0 Å². The first-order valence-corrected chi connectivity index (χ1v) is 5.99. The highest BCUT2D eigenvalue weighted by atomic mass is 14.8. The summed E-state index contributed by atoms with van der Waals surface area (Å²) in [5.74, 6) is 0. The first-order valence-electron chi connectivity index (χ1n) is 5.99. The van der Waals surface area contributed by atoms with Crippen molar-refractivity contribution < 1.29 is 0 Å². The average Bonchev–Trinajstić information content (AvgIpc) is 2.17. The molecule has 0 unspecified atom stereocenters. The Bertz CT molecular complexity index is 141. The highest BCUT2D eigenvalue weighted by Gasteiger charge is 1.89. The van der Waals surface area contributed by atoms with Gasteiger partial charge in [-0.3, -0.25) is 0 Å². The van der Waals surface area contributed by atoms with Crippen LogP contribution in [0.2, 0.25) is 0 Å². The van der Waals surface area contributed by atoms with Crippen molar-refractivity contribution in [2.24, 2.45) is 5.73 Å². The number of allylic oxidation sites excluding steroid dienone is 1. The third kappa shape index (κ3) is 9.43. The summed E-state index contributed by atoms with van der Waals surface area (Å²) in [7, 11) is 0. The molecule has 0 saturated carbocycles. The quantitative estimate of drug-likeness (QED) is 0.559.